The fourth-order valence-electron chi connectivity index (χ4n) is 5.16. The minimum atomic E-state index is 0.122. The van der Waals surface area contributed by atoms with Gasteiger partial charge in [0.15, 0.2) is 0 Å². The summed E-state index contributed by atoms with van der Waals surface area (Å²) in [5.41, 5.74) is 3.25. The number of aliphatic hydroxyl groups excluding tert-OH is 1. The summed E-state index contributed by atoms with van der Waals surface area (Å²) in [4.78, 5) is 21.7. The van der Waals surface area contributed by atoms with Crippen LogP contribution in [0.1, 0.15) is 48.3 Å². The van der Waals surface area contributed by atoms with Crippen LogP contribution in [0, 0.1) is 17.8 Å². The van der Waals surface area contributed by atoms with E-state index in [1.54, 1.807) is 12.4 Å². The van der Waals surface area contributed by atoms with E-state index in [0.29, 0.717) is 18.9 Å². The van der Waals surface area contributed by atoms with Crippen LogP contribution < -0.4 is 0 Å². The van der Waals surface area contributed by atoms with Crippen LogP contribution in [-0.4, -0.2) is 64.1 Å². The molecule has 2 saturated heterocycles. The summed E-state index contributed by atoms with van der Waals surface area (Å²) in [6.45, 7) is 2.65. The van der Waals surface area contributed by atoms with Crippen LogP contribution in [0.3, 0.4) is 0 Å². The number of benzene rings is 1. The molecule has 0 spiro atoms. The number of amides is 1. The molecule has 2 aliphatic heterocycles. The van der Waals surface area contributed by atoms with Crippen LogP contribution in [0.4, 0.5) is 0 Å². The molecule has 2 aromatic rings. The number of nitrogens with zero attached hydrogens (tertiary/aromatic N) is 3. The molecule has 0 unspecified atom stereocenters. The molecule has 1 aliphatic carbocycles. The highest BCUT2D eigenvalue weighted by Gasteiger charge is 2.49. The van der Waals surface area contributed by atoms with Gasteiger partial charge in [0.25, 0.3) is 0 Å². The lowest BCUT2D eigenvalue weighted by Crippen LogP contribution is -2.68. The fraction of sp³-hybridized carbons (Fsp3) is 0.481. The topological polar surface area (TPSA) is 56.7 Å². The third kappa shape index (κ3) is 4.57. The first kappa shape index (κ1) is 21.2. The van der Waals surface area contributed by atoms with Gasteiger partial charge in [-0.3, -0.25) is 14.7 Å². The molecule has 0 bridgehead atoms. The zero-order valence-electron chi connectivity index (χ0n) is 18.5. The molecule has 5 heteroatoms. The molecule has 1 aromatic carbocycles. The maximum atomic E-state index is 13.1. The van der Waals surface area contributed by atoms with E-state index in [1.807, 2.05) is 17.0 Å². The van der Waals surface area contributed by atoms with Crippen LogP contribution >= 0.6 is 0 Å². The van der Waals surface area contributed by atoms with Gasteiger partial charge in [-0.15, -0.1) is 0 Å². The first-order chi connectivity index (χ1) is 15.7. The highest BCUT2D eigenvalue weighted by molar-refractivity contribution is 5.78. The fourth-order valence-corrected chi connectivity index (χ4v) is 5.16. The SMILES string of the molecule is O=C(Cc1cccnc1)N1CCCCN2[C@H](CO)[C@@H](c3ccc(C#CC4CC4)cc3)[C@H]2C1. The van der Waals surface area contributed by atoms with Gasteiger partial charge in [-0.25, -0.2) is 0 Å². The smallest absolute Gasteiger partial charge is 0.227 e. The molecule has 32 heavy (non-hydrogen) atoms. The first-order valence-electron chi connectivity index (χ1n) is 11.9. The van der Waals surface area contributed by atoms with E-state index >= 15 is 0 Å². The second kappa shape index (κ2) is 9.44. The van der Waals surface area contributed by atoms with E-state index in [-0.39, 0.29) is 30.5 Å². The van der Waals surface area contributed by atoms with Crippen molar-refractivity contribution in [3.63, 3.8) is 0 Å². The number of hydrogen-bond donors (Lipinski definition) is 1. The highest BCUT2D eigenvalue weighted by Crippen LogP contribution is 2.42. The maximum absolute atomic E-state index is 13.1. The monoisotopic (exact) mass is 429 g/mol. The summed E-state index contributed by atoms with van der Waals surface area (Å²) in [6.07, 6.45) is 8.42. The molecule has 5 rings (SSSR count). The van der Waals surface area contributed by atoms with Crippen LogP contribution in [0.25, 0.3) is 0 Å². The standard InChI is InChI=1S/C27H31N3O2/c31-19-25-27(23-11-9-21(10-12-23)8-7-20-5-6-20)24-18-29(14-1-2-15-30(24)25)26(32)16-22-4-3-13-28-17-22/h3-4,9-13,17,20,24-25,27,31H,1-2,5-6,14-16,18-19H2/t24-,25-,27+/m1/s1. The van der Waals surface area contributed by atoms with Gasteiger partial charge < -0.3 is 10.0 Å². The van der Waals surface area contributed by atoms with E-state index in [1.165, 1.54) is 18.4 Å². The Morgan fingerprint density at radius 3 is 2.66 bits per heavy atom. The van der Waals surface area contributed by atoms with Crippen molar-refractivity contribution in [2.24, 2.45) is 5.92 Å². The molecule has 3 heterocycles. The third-order valence-electron chi connectivity index (χ3n) is 7.09. The van der Waals surface area contributed by atoms with Crippen LogP contribution in [-0.2, 0) is 11.2 Å². The van der Waals surface area contributed by atoms with Gasteiger partial charge in [0.2, 0.25) is 5.91 Å². The van der Waals surface area contributed by atoms with Crippen molar-refractivity contribution >= 4 is 5.91 Å². The lowest BCUT2D eigenvalue weighted by atomic mass is 9.74. The average molecular weight is 430 g/mol. The molecule has 1 N–H and O–H groups in total. The number of aliphatic hydroxyl groups is 1. The van der Waals surface area contributed by atoms with Crippen molar-refractivity contribution in [3.8, 4) is 11.8 Å². The van der Waals surface area contributed by atoms with Gasteiger partial charge in [0.1, 0.15) is 0 Å². The molecular formula is C27H31N3O2. The Labute approximate surface area is 190 Å². The number of fused-ring (bicyclic) bond motifs is 1. The summed E-state index contributed by atoms with van der Waals surface area (Å²) in [7, 11) is 0. The van der Waals surface area contributed by atoms with Crippen LogP contribution in [0.2, 0.25) is 0 Å². The Bertz CT molecular complexity index is 991. The molecule has 3 fully saturated rings. The molecule has 0 radical (unpaired) electrons. The maximum Gasteiger partial charge on any atom is 0.227 e. The molecular weight excluding hydrogens is 398 g/mol. The third-order valence-corrected chi connectivity index (χ3v) is 7.09. The van der Waals surface area contributed by atoms with Crippen molar-refractivity contribution < 1.29 is 9.90 Å². The minimum absolute atomic E-state index is 0.122. The molecule has 1 aromatic heterocycles. The predicted molar refractivity (Wildman–Crippen MR) is 124 cm³/mol. The Balaban J connectivity index is 1.32. The Morgan fingerprint density at radius 2 is 1.94 bits per heavy atom. The van der Waals surface area contributed by atoms with Crippen molar-refractivity contribution in [2.75, 3.05) is 26.2 Å². The zero-order chi connectivity index (χ0) is 21.9. The molecule has 5 nitrogen and oxygen atoms in total. The molecule has 3 aliphatic rings. The highest BCUT2D eigenvalue weighted by atomic mass is 16.3. The summed E-state index contributed by atoms with van der Waals surface area (Å²) >= 11 is 0. The van der Waals surface area contributed by atoms with Crippen molar-refractivity contribution in [1.29, 1.82) is 0 Å². The van der Waals surface area contributed by atoms with E-state index in [9.17, 15) is 9.90 Å². The molecule has 1 amide bonds. The second-order valence-corrected chi connectivity index (χ2v) is 9.33. The molecule has 3 atom stereocenters. The largest absolute Gasteiger partial charge is 0.395 e. The normalized spacial score (nSPS) is 25.5. The van der Waals surface area contributed by atoms with Crippen LogP contribution in [0.5, 0.6) is 0 Å². The Morgan fingerprint density at radius 1 is 1.12 bits per heavy atom. The van der Waals surface area contributed by atoms with Gasteiger partial charge >= 0.3 is 0 Å². The number of carbonyl (C=O) groups excluding carboxylic acids is 1. The van der Waals surface area contributed by atoms with Gasteiger partial charge in [0.05, 0.1) is 13.0 Å². The van der Waals surface area contributed by atoms with Gasteiger partial charge in [-0.05, 0) is 61.6 Å². The van der Waals surface area contributed by atoms with Crippen molar-refractivity contribution in [2.45, 2.75) is 50.1 Å². The lowest BCUT2D eigenvalue weighted by molar-refractivity contribution is -0.135. The van der Waals surface area contributed by atoms with Gasteiger partial charge in [0, 0.05) is 55.0 Å². The summed E-state index contributed by atoms with van der Waals surface area (Å²) in [5, 5.41) is 10.1. The van der Waals surface area contributed by atoms with Crippen molar-refractivity contribution in [3.05, 3.63) is 65.5 Å². The van der Waals surface area contributed by atoms with Gasteiger partial charge in [-0.2, -0.15) is 0 Å². The number of rotatable bonds is 4. The average Bonchev–Trinajstić information content (AvgIpc) is 3.63. The predicted octanol–water partition coefficient (Wildman–Crippen LogP) is 2.84. The Hall–Kier alpha value is -2.68. The van der Waals surface area contributed by atoms with Crippen molar-refractivity contribution in [1.82, 2.24) is 14.8 Å². The number of pyridine rings is 1. The zero-order valence-corrected chi connectivity index (χ0v) is 18.5. The lowest BCUT2D eigenvalue weighted by Gasteiger charge is -2.57. The Kier molecular flexibility index (Phi) is 6.25. The molecule has 166 valence electrons. The number of hydrogen-bond acceptors (Lipinski definition) is 4. The summed E-state index contributed by atoms with van der Waals surface area (Å²) in [5.74, 6) is 7.60. The minimum Gasteiger partial charge on any atom is -0.395 e. The molecule has 1 saturated carbocycles. The van der Waals surface area contributed by atoms with E-state index < -0.39 is 0 Å². The number of carbonyl (C=O) groups is 1. The second-order valence-electron chi connectivity index (χ2n) is 9.33. The first-order valence-corrected chi connectivity index (χ1v) is 11.9. The van der Waals surface area contributed by atoms with Crippen LogP contribution in [0.15, 0.2) is 48.8 Å². The van der Waals surface area contributed by atoms with E-state index in [4.69, 9.17) is 0 Å². The quantitative estimate of drug-likeness (QED) is 0.760. The van der Waals surface area contributed by atoms with E-state index in [0.717, 1.165) is 37.1 Å². The van der Waals surface area contributed by atoms with Gasteiger partial charge in [-0.1, -0.05) is 30.0 Å². The summed E-state index contributed by atoms with van der Waals surface area (Å²) in [6, 6.07) is 12.8. The number of aromatic nitrogens is 1. The summed E-state index contributed by atoms with van der Waals surface area (Å²) < 4.78 is 0. The van der Waals surface area contributed by atoms with E-state index in [2.05, 4.69) is 46.0 Å².